The van der Waals surface area contributed by atoms with E-state index >= 15 is 0 Å². The van der Waals surface area contributed by atoms with Gasteiger partial charge in [0.2, 0.25) is 0 Å². The maximum Gasteiger partial charge on any atom is 0.119 e. The molecule has 3 rings (SSSR count). The van der Waals surface area contributed by atoms with E-state index in [0.29, 0.717) is 5.75 Å². The molecule has 4 nitrogen and oxygen atoms in total. The Morgan fingerprint density at radius 3 is 2.63 bits per heavy atom. The highest BCUT2D eigenvalue weighted by atomic mass is 16.3. The first-order valence-electron chi connectivity index (χ1n) is 7.18. The van der Waals surface area contributed by atoms with Gasteiger partial charge < -0.3 is 20.6 Å². The van der Waals surface area contributed by atoms with Crippen molar-refractivity contribution < 1.29 is 5.11 Å². The van der Waals surface area contributed by atoms with Crippen LogP contribution in [-0.2, 0) is 12.8 Å². The predicted molar refractivity (Wildman–Crippen MR) is 77.8 cm³/mol. The van der Waals surface area contributed by atoms with Gasteiger partial charge in [-0.2, -0.15) is 0 Å². The second-order valence-electron chi connectivity index (χ2n) is 5.85. The van der Waals surface area contributed by atoms with Gasteiger partial charge in [0.05, 0.1) is 0 Å². The van der Waals surface area contributed by atoms with Crippen LogP contribution in [0.5, 0.6) is 5.75 Å². The Hall–Kier alpha value is -1.26. The van der Waals surface area contributed by atoms with Crippen LogP contribution in [0.1, 0.15) is 17.5 Å². The van der Waals surface area contributed by atoms with E-state index in [2.05, 4.69) is 22.9 Å². The topological polar surface area (TPSA) is 52.7 Å². The van der Waals surface area contributed by atoms with Gasteiger partial charge in [-0.1, -0.05) is 0 Å². The molecule has 0 saturated carbocycles. The van der Waals surface area contributed by atoms with E-state index in [1.54, 1.807) is 0 Å². The summed E-state index contributed by atoms with van der Waals surface area (Å²) in [6, 6.07) is 4.15. The summed E-state index contributed by atoms with van der Waals surface area (Å²) in [5.41, 5.74) is 9.80. The molecule has 1 saturated heterocycles. The van der Waals surface area contributed by atoms with Gasteiger partial charge in [-0.3, -0.25) is 0 Å². The van der Waals surface area contributed by atoms with Gasteiger partial charge in [-0.05, 0) is 49.6 Å². The molecule has 104 valence electrons. The highest BCUT2D eigenvalue weighted by Gasteiger charge is 2.24. The van der Waals surface area contributed by atoms with Gasteiger partial charge >= 0.3 is 0 Å². The number of fused-ring (bicyclic) bond motifs is 1. The summed E-state index contributed by atoms with van der Waals surface area (Å²) in [5, 5.41) is 10.0. The summed E-state index contributed by atoms with van der Waals surface area (Å²) in [5.74, 6) is 0.444. The Balaban J connectivity index is 1.93. The molecule has 2 aliphatic rings. The molecular formula is C15H23N3O. The molecule has 1 fully saturated rings. The van der Waals surface area contributed by atoms with Crippen molar-refractivity contribution >= 4 is 5.69 Å². The largest absolute Gasteiger partial charge is 0.508 e. The molecule has 4 heteroatoms. The van der Waals surface area contributed by atoms with Crippen LogP contribution in [0, 0.1) is 0 Å². The van der Waals surface area contributed by atoms with Crippen molar-refractivity contribution in [3.63, 3.8) is 0 Å². The molecule has 0 aromatic heterocycles. The van der Waals surface area contributed by atoms with Crippen LogP contribution >= 0.6 is 0 Å². The molecule has 0 radical (unpaired) electrons. The minimum atomic E-state index is 0.237. The van der Waals surface area contributed by atoms with Crippen molar-refractivity contribution in [2.75, 3.05) is 38.1 Å². The third-order valence-electron chi connectivity index (χ3n) is 4.46. The first-order valence-corrected chi connectivity index (χ1v) is 7.18. The Morgan fingerprint density at radius 1 is 1.16 bits per heavy atom. The normalized spacial score (nSPS) is 24.3. The number of anilines is 1. The van der Waals surface area contributed by atoms with Crippen LogP contribution in [0.25, 0.3) is 0 Å². The summed E-state index contributed by atoms with van der Waals surface area (Å²) >= 11 is 0. The maximum absolute atomic E-state index is 10.0. The van der Waals surface area contributed by atoms with Gasteiger partial charge in [0.15, 0.2) is 0 Å². The SMILES string of the molecule is CN1CCN(c2ccc(O)c3c2CC(N)CC3)CC1. The predicted octanol–water partition coefficient (Wildman–Crippen LogP) is 0.960. The van der Waals surface area contributed by atoms with Crippen LogP contribution in [0.15, 0.2) is 12.1 Å². The van der Waals surface area contributed by atoms with Gasteiger partial charge in [-0.15, -0.1) is 0 Å². The van der Waals surface area contributed by atoms with Crippen molar-refractivity contribution in [3.8, 4) is 5.75 Å². The van der Waals surface area contributed by atoms with Crippen LogP contribution in [-0.4, -0.2) is 49.3 Å². The number of nitrogens with two attached hydrogens (primary N) is 1. The summed E-state index contributed by atoms with van der Waals surface area (Å²) in [6.45, 7) is 4.31. The number of hydrogen-bond donors (Lipinski definition) is 2. The van der Waals surface area contributed by atoms with Crippen LogP contribution in [0.3, 0.4) is 0 Å². The minimum absolute atomic E-state index is 0.237. The Labute approximate surface area is 114 Å². The van der Waals surface area contributed by atoms with E-state index in [1.807, 2.05) is 6.07 Å². The summed E-state index contributed by atoms with van der Waals surface area (Å²) < 4.78 is 0. The quantitative estimate of drug-likeness (QED) is 0.790. The third-order valence-corrected chi connectivity index (χ3v) is 4.46. The third kappa shape index (κ3) is 2.42. The van der Waals surface area contributed by atoms with Crippen LogP contribution < -0.4 is 10.6 Å². The Kier molecular flexibility index (Phi) is 3.37. The zero-order valence-electron chi connectivity index (χ0n) is 11.6. The number of phenolic OH excluding ortho intramolecular Hbond substituents is 1. The molecule has 19 heavy (non-hydrogen) atoms. The fourth-order valence-corrected chi connectivity index (χ4v) is 3.21. The standard InChI is InChI=1S/C15H23N3O/c1-17-6-8-18(9-7-17)14-4-5-15(19)12-3-2-11(16)10-13(12)14/h4-5,11,19H,2-3,6-10,16H2,1H3. The molecule has 1 aromatic rings. The highest BCUT2D eigenvalue weighted by Crippen LogP contribution is 2.35. The number of rotatable bonds is 1. The lowest BCUT2D eigenvalue weighted by Gasteiger charge is -2.37. The second kappa shape index (κ2) is 5.02. The molecule has 1 atom stereocenters. The zero-order chi connectivity index (χ0) is 13.4. The van der Waals surface area contributed by atoms with E-state index in [9.17, 15) is 5.11 Å². The average Bonchev–Trinajstić information content (AvgIpc) is 2.40. The highest BCUT2D eigenvalue weighted by molar-refractivity contribution is 5.62. The monoisotopic (exact) mass is 261 g/mol. The zero-order valence-corrected chi connectivity index (χ0v) is 11.6. The maximum atomic E-state index is 10.0. The molecule has 0 spiro atoms. The number of likely N-dealkylation sites (N-methyl/N-ethyl adjacent to an activating group) is 1. The molecule has 0 amide bonds. The summed E-state index contributed by atoms with van der Waals surface area (Å²) in [6.07, 6.45) is 2.78. The Morgan fingerprint density at radius 2 is 1.89 bits per heavy atom. The van der Waals surface area contributed by atoms with Crippen molar-refractivity contribution in [1.29, 1.82) is 0 Å². The number of piperazine rings is 1. The summed E-state index contributed by atoms with van der Waals surface area (Å²) in [7, 11) is 2.17. The molecule has 1 aliphatic heterocycles. The first kappa shape index (κ1) is 12.8. The number of hydrogen-bond acceptors (Lipinski definition) is 4. The van der Waals surface area contributed by atoms with E-state index in [-0.39, 0.29) is 6.04 Å². The number of phenols is 1. The van der Waals surface area contributed by atoms with E-state index in [1.165, 1.54) is 11.3 Å². The van der Waals surface area contributed by atoms with E-state index in [0.717, 1.165) is 51.0 Å². The smallest absolute Gasteiger partial charge is 0.119 e. The van der Waals surface area contributed by atoms with E-state index < -0.39 is 0 Å². The lowest BCUT2D eigenvalue weighted by molar-refractivity contribution is 0.312. The molecule has 1 heterocycles. The van der Waals surface area contributed by atoms with Gasteiger partial charge in [0, 0.05) is 37.9 Å². The molecule has 3 N–H and O–H groups in total. The van der Waals surface area contributed by atoms with Crippen LogP contribution in [0.2, 0.25) is 0 Å². The number of benzene rings is 1. The van der Waals surface area contributed by atoms with Gasteiger partial charge in [0.1, 0.15) is 5.75 Å². The second-order valence-corrected chi connectivity index (χ2v) is 5.85. The minimum Gasteiger partial charge on any atom is -0.508 e. The average molecular weight is 261 g/mol. The number of aromatic hydroxyl groups is 1. The van der Waals surface area contributed by atoms with Crippen molar-refractivity contribution in [3.05, 3.63) is 23.3 Å². The molecule has 1 aromatic carbocycles. The Bertz CT molecular complexity index is 467. The molecule has 1 aliphatic carbocycles. The van der Waals surface area contributed by atoms with Gasteiger partial charge in [0.25, 0.3) is 0 Å². The lowest BCUT2D eigenvalue weighted by atomic mass is 9.86. The van der Waals surface area contributed by atoms with Gasteiger partial charge in [-0.25, -0.2) is 0 Å². The molecule has 1 unspecified atom stereocenters. The van der Waals surface area contributed by atoms with E-state index in [4.69, 9.17) is 5.73 Å². The summed E-state index contributed by atoms with van der Waals surface area (Å²) in [4.78, 5) is 4.80. The first-order chi connectivity index (χ1) is 9.15. The fourth-order valence-electron chi connectivity index (χ4n) is 3.21. The molecular weight excluding hydrogens is 238 g/mol. The van der Waals surface area contributed by atoms with Crippen LogP contribution in [0.4, 0.5) is 5.69 Å². The van der Waals surface area contributed by atoms with Crippen molar-refractivity contribution in [1.82, 2.24) is 4.90 Å². The lowest BCUT2D eigenvalue weighted by Crippen LogP contribution is -2.45. The van der Waals surface area contributed by atoms with Crippen molar-refractivity contribution in [2.24, 2.45) is 5.73 Å². The number of nitrogens with zero attached hydrogens (tertiary/aromatic N) is 2. The fraction of sp³-hybridized carbons (Fsp3) is 0.600. The molecule has 0 bridgehead atoms. The van der Waals surface area contributed by atoms with Crippen molar-refractivity contribution in [2.45, 2.75) is 25.3 Å².